The van der Waals surface area contributed by atoms with Crippen molar-refractivity contribution in [2.24, 2.45) is 0 Å². The summed E-state index contributed by atoms with van der Waals surface area (Å²) in [7, 11) is 0. The molecule has 0 fully saturated rings. The molecule has 0 radical (unpaired) electrons. The molecule has 1 rings (SSSR count). The highest BCUT2D eigenvalue weighted by Crippen LogP contribution is 2.25. The minimum atomic E-state index is 0.187. The maximum atomic E-state index is 9.31. The fraction of sp³-hybridized carbons (Fsp3) is 0.625. The Kier molecular flexibility index (Phi) is 6.90. The van der Waals surface area contributed by atoms with Crippen molar-refractivity contribution >= 4 is 11.8 Å². The first kappa shape index (κ1) is 16.5. The Balaban J connectivity index is 2.49. The molecule has 0 heterocycles. The normalized spacial score (nSPS) is 13.5. The van der Waals surface area contributed by atoms with Crippen LogP contribution in [0.5, 0.6) is 0 Å². The van der Waals surface area contributed by atoms with E-state index in [0.29, 0.717) is 0 Å². The summed E-state index contributed by atoms with van der Waals surface area (Å²) in [5, 5.41) is 12.7. The third-order valence-corrected chi connectivity index (χ3v) is 4.25. The lowest BCUT2D eigenvalue weighted by Gasteiger charge is -2.19. The Morgan fingerprint density at radius 1 is 1.21 bits per heavy atom. The SMILES string of the molecule is CCCNC(CO)CSc1ccc(C(C)(C)C)cc1. The van der Waals surface area contributed by atoms with Gasteiger partial charge in [-0.15, -0.1) is 11.8 Å². The lowest BCUT2D eigenvalue weighted by molar-refractivity contribution is 0.254. The van der Waals surface area contributed by atoms with Crippen molar-refractivity contribution in [3.05, 3.63) is 29.8 Å². The summed E-state index contributed by atoms with van der Waals surface area (Å²) < 4.78 is 0. The minimum Gasteiger partial charge on any atom is -0.395 e. The van der Waals surface area contributed by atoms with E-state index in [1.54, 1.807) is 11.8 Å². The highest BCUT2D eigenvalue weighted by Gasteiger charge is 2.13. The Hall–Kier alpha value is -0.510. The van der Waals surface area contributed by atoms with Crippen LogP contribution < -0.4 is 5.32 Å². The van der Waals surface area contributed by atoms with Crippen LogP contribution in [0, 0.1) is 0 Å². The van der Waals surface area contributed by atoms with E-state index in [1.165, 1.54) is 10.5 Å². The zero-order valence-corrected chi connectivity index (χ0v) is 13.4. The second kappa shape index (κ2) is 7.93. The van der Waals surface area contributed by atoms with Crippen LogP contribution >= 0.6 is 11.8 Å². The standard InChI is InChI=1S/C16H27NOS/c1-5-10-17-14(11-18)12-19-15-8-6-13(7-9-15)16(2,3)4/h6-9,14,17-18H,5,10-12H2,1-4H3. The number of hydrogen-bond donors (Lipinski definition) is 2. The second-order valence-corrected chi connectivity index (χ2v) is 7.01. The van der Waals surface area contributed by atoms with Crippen LogP contribution in [-0.2, 0) is 5.41 Å². The van der Waals surface area contributed by atoms with Crippen molar-refractivity contribution in [3.8, 4) is 0 Å². The molecule has 0 bridgehead atoms. The number of benzene rings is 1. The quantitative estimate of drug-likeness (QED) is 0.751. The van der Waals surface area contributed by atoms with Crippen LogP contribution in [0.15, 0.2) is 29.2 Å². The third kappa shape index (κ3) is 5.98. The average molecular weight is 281 g/mol. The molecule has 2 N–H and O–H groups in total. The van der Waals surface area contributed by atoms with Crippen LogP contribution in [0.1, 0.15) is 39.7 Å². The Morgan fingerprint density at radius 2 is 1.84 bits per heavy atom. The number of rotatable bonds is 7. The smallest absolute Gasteiger partial charge is 0.0592 e. The van der Waals surface area contributed by atoms with Crippen molar-refractivity contribution in [2.75, 3.05) is 18.9 Å². The van der Waals surface area contributed by atoms with Crippen LogP contribution in [0.4, 0.5) is 0 Å². The van der Waals surface area contributed by atoms with Crippen LogP contribution in [0.3, 0.4) is 0 Å². The van der Waals surface area contributed by atoms with Gasteiger partial charge in [0.2, 0.25) is 0 Å². The van der Waals surface area contributed by atoms with E-state index >= 15 is 0 Å². The van der Waals surface area contributed by atoms with Crippen molar-refractivity contribution < 1.29 is 5.11 Å². The Bertz CT molecular complexity index is 356. The van der Waals surface area contributed by atoms with E-state index in [9.17, 15) is 5.11 Å². The van der Waals surface area contributed by atoms with Gasteiger partial charge in [-0.2, -0.15) is 0 Å². The predicted molar refractivity (Wildman–Crippen MR) is 85.0 cm³/mol. The van der Waals surface area contributed by atoms with Gasteiger partial charge in [-0.3, -0.25) is 0 Å². The molecule has 108 valence electrons. The summed E-state index contributed by atoms with van der Waals surface area (Å²) in [6.45, 7) is 9.99. The van der Waals surface area contributed by atoms with E-state index in [0.717, 1.165) is 18.7 Å². The summed E-state index contributed by atoms with van der Waals surface area (Å²) in [5.41, 5.74) is 1.57. The number of thioether (sulfide) groups is 1. The molecule has 0 spiro atoms. The first-order valence-corrected chi connectivity index (χ1v) is 8.03. The van der Waals surface area contributed by atoms with Gasteiger partial charge in [0.25, 0.3) is 0 Å². The molecule has 0 saturated heterocycles. The molecule has 0 amide bonds. The molecule has 0 aliphatic rings. The monoisotopic (exact) mass is 281 g/mol. The molecular formula is C16H27NOS. The van der Waals surface area contributed by atoms with Crippen molar-refractivity contribution in [2.45, 2.75) is 50.5 Å². The summed E-state index contributed by atoms with van der Waals surface area (Å²) in [5.74, 6) is 0.908. The average Bonchev–Trinajstić information content (AvgIpc) is 2.38. The number of nitrogens with one attached hydrogen (secondary N) is 1. The molecule has 1 unspecified atom stereocenters. The zero-order chi connectivity index (χ0) is 14.3. The second-order valence-electron chi connectivity index (χ2n) is 5.92. The van der Waals surface area contributed by atoms with Gasteiger partial charge < -0.3 is 10.4 Å². The Labute approximate surface area is 122 Å². The maximum absolute atomic E-state index is 9.31. The first-order valence-electron chi connectivity index (χ1n) is 7.05. The predicted octanol–water partition coefficient (Wildman–Crippen LogP) is 3.44. The van der Waals surface area contributed by atoms with Gasteiger partial charge in [-0.25, -0.2) is 0 Å². The lowest BCUT2D eigenvalue weighted by Crippen LogP contribution is -2.35. The van der Waals surface area contributed by atoms with Gasteiger partial charge in [-0.1, -0.05) is 39.8 Å². The van der Waals surface area contributed by atoms with Gasteiger partial charge in [0.1, 0.15) is 0 Å². The fourth-order valence-corrected chi connectivity index (χ4v) is 2.72. The molecule has 0 aliphatic carbocycles. The largest absolute Gasteiger partial charge is 0.395 e. The molecule has 1 aromatic rings. The first-order chi connectivity index (χ1) is 8.97. The highest BCUT2D eigenvalue weighted by molar-refractivity contribution is 7.99. The van der Waals surface area contributed by atoms with Gasteiger partial charge in [0.15, 0.2) is 0 Å². The van der Waals surface area contributed by atoms with Crippen LogP contribution in [0.25, 0.3) is 0 Å². The zero-order valence-electron chi connectivity index (χ0n) is 12.6. The molecule has 2 nitrogen and oxygen atoms in total. The summed E-state index contributed by atoms with van der Waals surface area (Å²) in [6, 6.07) is 8.96. The lowest BCUT2D eigenvalue weighted by atomic mass is 9.87. The van der Waals surface area contributed by atoms with Gasteiger partial charge in [-0.05, 0) is 36.1 Å². The molecule has 1 aromatic carbocycles. The molecule has 3 heteroatoms. The molecule has 1 atom stereocenters. The molecule has 0 saturated carbocycles. The third-order valence-electron chi connectivity index (χ3n) is 3.07. The Morgan fingerprint density at radius 3 is 2.32 bits per heavy atom. The number of aliphatic hydroxyl groups excluding tert-OH is 1. The maximum Gasteiger partial charge on any atom is 0.0592 e. The van der Waals surface area contributed by atoms with Gasteiger partial charge in [0.05, 0.1) is 6.61 Å². The van der Waals surface area contributed by atoms with E-state index in [2.05, 4.69) is 57.3 Å². The number of hydrogen-bond acceptors (Lipinski definition) is 3. The van der Waals surface area contributed by atoms with Gasteiger partial charge in [0, 0.05) is 16.7 Å². The van der Waals surface area contributed by atoms with Gasteiger partial charge >= 0.3 is 0 Å². The van der Waals surface area contributed by atoms with E-state index in [-0.39, 0.29) is 18.1 Å². The molecule has 0 aliphatic heterocycles. The highest BCUT2D eigenvalue weighted by atomic mass is 32.2. The summed E-state index contributed by atoms with van der Waals surface area (Å²) in [6.07, 6.45) is 1.10. The van der Waals surface area contributed by atoms with E-state index in [4.69, 9.17) is 0 Å². The number of aliphatic hydroxyl groups is 1. The molecule has 19 heavy (non-hydrogen) atoms. The van der Waals surface area contributed by atoms with Crippen LogP contribution in [0.2, 0.25) is 0 Å². The molecular weight excluding hydrogens is 254 g/mol. The summed E-state index contributed by atoms with van der Waals surface area (Å²) in [4.78, 5) is 1.27. The summed E-state index contributed by atoms with van der Waals surface area (Å²) >= 11 is 1.80. The van der Waals surface area contributed by atoms with Crippen molar-refractivity contribution in [3.63, 3.8) is 0 Å². The topological polar surface area (TPSA) is 32.3 Å². The van der Waals surface area contributed by atoms with Crippen molar-refractivity contribution in [1.82, 2.24) is 5.32 Å². The van der Waals surface area contributed by atoms with Crippen molar-refractivity contribution in [1.29, 1.82) is 0 Å². The van der Waals surface area contributed by atoms with E-state index in [1.807, 2.05) is 0 Å². The fourth-order valence-electron chi connectivity index (χ4n) is 1.77. The molecule has 0 aromatic heterocycles. The minimum absolute atomic E-state index is 0.187. The van der Waals surface area contributed by atoms with E-state index < -0.39 is 0 Å². The van der Waals surface area contributed by atoms with Crippen LogP contribution in [-0.4, -0.2) is 30.1 Å².